The van der Waals surface area contributed by atoms with Crippen LogP contribution in [0, 0.1) is 0 Å². The fourth-order valence-corrected chi connectivity index (χ4v) is 2.81. The SMILES string of the molecule is CCCCC1=NCC(=O)N(Cc2ccccn2)c2ccccc21. The number of nitrogens with zero attached hydrogens (tertiary/aromatic N) is 3. The van der Waals surface area contributed by atoms with E-state index in [4.69, 9.17) is 0 Å². The Hall–Kier alpha value is -2.49. The summed E-state index contributed by atoms with van der Waals surface area (Å²) < 4.78 is 0. The average Bonchev–Trinajstić information content (AvgIpc) is 2.72. The van der Waals surface area contributed by atoms with Gasteiger partial charge in [0.05, 0.1) is 17.9 Å². The van der Waals surface area contributed by atoms with E-state index < -0.39 is 0 Å². The number of pyridine rings is 1. The lowest BCUT2D eigenvalue weighted by molar-refractivity contribution is -0.117. The van der Waals surface area contributed by atoms with E-state index in [1.54, 1.807) is 11.1 Å². The maximum absolute atomic E-state index is 12.6. The zero-order chi connectivity index (χ0) is 16.1. The number of benzodiazepines with no additional fused rings is 1. The van der Waals surface area contributed by atoms with Crippen LogP contribution >= 0.6 is 0 Å². The molecule has 4 nitrogen and oxygen atoms in total. The number of unbranched alkanes of at least 4 members (excludes halogenated alkanes) is 1. The van der Waals surface area contributed by atoms with Gasteiger partial charge in [-0.1, -0.05) is 37.6 Å². The molecule has 0 bridgehead atoms. The molecule has 0 N–H and O–H groups in total. The Morgan fingerprint density at radius 1 is 1.13 bits per heavy atom. The first kappa shape index (κ1) is 15.4. The highest BCUT2D eigenvalue weighted by Crippen LogP contribution is 2.27. The van der Waals surface area contributed by atoms with Gasteiger partial charge in [0, 0.05) is 17.5 Å². The summed E-state index contributed by atoms with van der Waals surface area (Å²) in [7, 11) is 0. The molecule has 0 saturated heterocycles. The summed E-state index contributed by atoms with van der Waals surface area (Å²) in [6.45, 7) is 2.86. The van der Waals surface area contributed by atoms with Gasteiger partial charge in [-0.15, -0.1) is 0 Å². The largest absolute Gasteiger partial charge is 0.304 e. The van der Waals surface area contributed by atoms with Crippen LogP contribution in [0.3, 0.4) is 0 Å². The molecule has 0 saturated carbocycles. The van der Waals surface area contributed by atoms with Crippen LogP contribution in [0.15, 0.2) is 53.7 Å². The van der Waals surface area contributed by atoms with E-state index in [9.17, 15) is 4.79 Å². The Labute approximate surface area is 136 Å². The van der Waals surface area contributed by atoms with Crippen molar-refractivity contribution in [3.63, 3.8) is 0 Å². The minimum atomic E-state index is 0.0228. The molecule has 4 heteroatoms. The van der Waals surface area contributed by atoms with E-state index in [0.717, 1.165) is 41.9 Å². The zero-order valence-electron chi connectivity index (χ0n) is 13.4. The summed E-state index contributed by atoms with van der Waals surface area (Å²) in [6.07, 6.45) is 4.87. The molecule has 118 valence electrons. The predicted molar refractivity (Wildman–Crippen MR) is 92.8 cm³/mol. The number of hydrogen-bond donors (Lipinski definition) is 0. The Balaban J connectivity index is 1.96. The Kier molecular flexibility index (Phi) is 4.81. The number of fused-ring (bicyclic) bond motifs is 1. The van der Waals surface area contributed by atoms with Crippen LogP contribution in [0.5, 0.6) is 0 Å². The third-order valence-electron chi connectivity index (χ3n) is 4.03. The number of hydrogen-bond acceptors (Lipinski definition) is 3. The standard InChI is InChI=1S/C19H21N3O/c1-2-3-10-17-16-9-4-5-11-18(16)22(19(23)13-21-17)14-15-8-6-7-12-20-15/h4-9,11-12H,2-3,10,13-14H2,1H3. The van der Waals surface area contributed by atoms with Gasteiger partial charge in [-0.05, 0) is 31.0 Å². The highest BCUT2D eigenvalue weighted by atomic mass is 16.2. The lowest BCUT2D eigenvalue weighted by Gasteiger charge is -2.22. The highest BCUT2D eigenvalue weighted by Gasteiger charge is 2.24. The summed E-state index contributed by atoms with van der Waals surface area (Å²) in [4.78, 5) is 23.3. The second-order valence-electron chi connectivity index (χ2n) is 5.68. The quantitative estimate of drug-likeness (QED) is 0.847. The molecular weight excluding hydrogens is 286 g/mol. The Bertz CT molecular complexity index is 710. The van der Waals surface area contributed by atoms with E-state index in [1.165, 1.54) is 0 Å². The smallest absolute Gasteiger partial charge is 0.249 e. The number of rotatable bonds is 5. The normalized spacial score (nSPS) is 14.2. The molecule has 1 aliphatic rings. The molecule has 0 atom stereocenters. The van der Waals surface area contributed by atoms with Crippen molar-refractivity contribution in [3.8, 4) is 0 Å². The van der Waals surface area contributed by atoms with Crippen LogP contribution in [0.1, 0.15) is 37.4 Å². The van der Waals surface area contributed by atoms with Crippen molar-refractivity contribution < 1.29 is 4.79 Å². The van der Waals surface area contributed by atoms with Crippen molar-refractivity contribution in [3.05, 3.63) is 59.9 Å². The summed E-state index contributed by atoms with van der Waals surface area (Å²) in [6, 6.07) is 13.8. The minimum absolute atomic E-state index is 0.0228. The molecule has 1 aromatic carbocycles. The molecule has 3 rings (SSSR count). The van der Waals surface area contributed by atoms with Gasteiger partial charge < -0.3 is 4.90 Å². The first-order valence-corrected chi connectivity index (χ1v) is 8.12. The first-order valence-electron chi connectivity index (χ1n) is 8.12. The van der Waals surface area contributed by atoms with E-state index in [1.807, 2.05) is 36.4 Å². The third-order valence-corrected chi connectivity index (χ3v) is 4.03. The van der Waals surface area contributed by atoms with Gasteiger partial charge in [0.25, 0.3) is 0 Å². The molecule has 23 heavy (non-hydrogen) atoms. The minimum Gasteiger partial charge on any atom is -0.304 e. The first-order chi connectivity index (χ1) is 11.3. The number of aromatic nitrogens is 1. The van der Waals surface area contributed by atoms with Gasteiger partial charge in [0.1, 0.15) is 6.54 Å². The van der Waals surface area contributed by atoms with Crippen LogP contribution in [0.25, 0.3) is 0 Å². The number of carbonyl (C=O) groups is 1. The monoisotopic (exact) mass is 307 g/mol. The lowest BCUT2D eigenvalue weighted by Crippen LogP contribution is -2.32. The molecular formula is C19H21N3O. The van der Waals surface area contributed by atoms with E-state index in [2.05, 4.69) is 23.0 Å². The number of aliphatic imine (C=N–C) groups is 1. The molecule has 1 aliphatic heterocycles. The molecule has 0 aliphatic carbocycles. The summed E-state index contributed by atoms with van der Waals surface area (Å²) in [5, 5.41) is 0. The second kappa shape index (κ2) is 7.18. The van der Waals surface area contributed by atoms with Gasteiger partial charge in [0.15, 0.2) is 0 Å². The van der Waals surface area contributed by atoms with Crippen LogP contribution in [0.2, 0.25) is 0 Å². The number of anilines is 1. The maximum atomic E-state index is 12.6. The van der Waals surface area contributed by atoms with Crippen molar-refractivity contribution in [1.82, 2.24) is 4.98 Å². The molecule has 0 fully saturated rings. The van der Waals surface area contributed by atoms with Gasteiger partial charge in [-0.3, -0.25) is 14.8 Å². The molecule has 1 amide bonds. The zero-order valence-corrected chi connectivity index (χ0v) is 13.4. The van der Waals surface area contributed by atoms with E-state index in [0.29, 0.717) is 6.54 Å². The van der Waals surface area contributed by atoms with Crippen molar-refractivity contribution >= 4 is 17.3 Å². The molecule has 0 radical (unpaired) electrons. The fourth-order valence-electron chi connectivity index (χ4n) is 2.81. The van der Waals surface area contributed by atoms with Gasteiger partial charge in [-0.25, -0.2) is 0 Å². The average molecular weight is 307 g/mol. The van der Waals surface area contributed by atoms with Crippen molar-refractivity contribution in [2.75, 3.05) is 11.4 Å². The second-order valence-corrected chi connectivity index (χ2v) is 5.68. The number of benzene rings is 1. The van der Waals surface area contributed by atoms with E-state index in [-0.39, 0.29) is 12.5 Å². The molecule has 2 heterocycles. The number of amides is 1. The van der Waals surface area contributed by atoms with Crippen molar-refractivity contribution in [1.29, 1.82) is 0 Å². The van der Waals surface area contributed by atoms with Crippen LogP contribution < -0.4 is 4.90 Å². The van der Waals surface area contributed by atoms with Gasteiger partial charge >= 0.3 is 0 Å². The highest BCUT2D eigenvalue weighted by molar-refractivity contribution is 6.11. The van der Waals surface area contributed by atoms with Crippen LogP contribution in [-0.4, -0.2) is 23.1 Å². The van der Waals surface area contributed by atoms with Crippen LogP contribution in [0.4, 0.5) is 5.69 Å². The molecule has 1 aromatic heterocycles. The van der Waals surface area contributed by atoms with Crippen LogP contribution in [-0.2, 0) is 11.3 Å². The predicted octanol–water partition coefficient (Wildman–Crippen LogP) is 3.61. The molecule has 0 spiro atoms. The molecule has 2 aromatic rings. The molecule has 0 unspecified atom stereocenters. The lowest BCUT2D eigenvalue weighted by atomic mass is 10.0. The Morgan fingerprint density at radius 3 is 2.74 bits per heavy atom. The van der Waals surface area contributed by atoms with Crippen molar-refractivity contribution in [2.45, 2.75) is 32.7 Å². The van der Waals surface area contributed by atoms with E-state index >= 15 is 0 Å². The maximum Gasteiger partial charge on any atom is 0.249 e. The Morgan fingerprint density at radius 2 is 1.96 bits per heavy atom. The summed E-state index contributed by atoms with van der Waals surface area (Å²) in [5.74, 6) is 0.0228. The van der Waals surface area contributed by atoms with Gasteiger partial charge in [-0.2, -0.15) is 0 Å². The number of carbonyl (C=O) groups excluding carboxylic acids is 1. The summed E-state index contributed by atoms with van der Waals surface area (Å²) >= 11 is 0. The topological polar surface area (TPSA) is 45.6 Å². The summed E-state index contributed by atoms with van der Waals surface area (Å²) in [5.41, 5.74) is 3.94. The fraction of sp³-hybridized carbons (Fsp3) is 0.316. The van der Waals surface area contributed by atoms with Gasteiger partial charge in [0.2, 0.25) is 5.91 Å². The van der Waals surface area contributed by atoms with Crippen molar-refractivity contribution in [2.24, 2.45) is 4.99 Å². The third kappa shape index (κ3) is 3.47. The number of para-hydroxylation sites is 1.